The van der Waals surface area contributed by atoms with Gasteiger partial charge in [-0.05, 0) is 30.7 Å². The normalized spacial score (nSPS) is 15.4. The van der Waals surface area contributed by atoms with E-state index in [1.807, 2.05) is 19.2 Å². The average Bonchev–Trinajstić information content (AvgIpc) is 3.27. The van der Waals surface area contributed by atoms with Crippen LogP contribution in [0.15, 0.2) is 55.2 Å². The van der Waals surface area contributed by atoms with E-state index in [-0.39, 0.29) is 11.9 Å². The number of rotatable bonds is 6. The molecule has 0 aliphatic carbocycles. The van der Waals surface area contributed by atoms with Gasteiger partial charge in [0.05, 0.1) is 35.2 Å². The predicted molar refractivity (Wildman–Crippen MR) is 128 cm³/mol. The van der Waals surface area contributed by atoms with Gasteiger partial charge in [-0.25, -0.2) is 15.0 Å². The average molecular weight is 478 g/mol. The number of nitrogens with one attached hydrogen (secondary N) is 1. The molecule has 0 aromatic carbocycles. The zero-order chi connectivity index (χ0) is 23.5. The summed E-state index contributed by atoms with van der Waals surface area (Å²) in [5.74, 6) is 0.172. The second-order valence-corrected chi connectivity index (χ2v) is 8.47. The van der Waals surface area contributed by atoms with Crippen molar-refractivity contribution in [3.05, 3.63) is 77.1 Å². The summed E-state index contributed by atoms with van der Waals surface area (Å²) in [5, 5.41) is 4.11. The third kappa shape index (κ3) is 4.50. The van der Waals surface area contributed by atoms with Crippen molar-refractivity contribution in [2.24, 2.45) is 0 Å². The number of ether oxygens (including phenoxy) is 1. The van der Waals surface area contributed by atoms with Gasteiger partial charge < -0.3 is 10.1 Å². The summed E-state index contributed by atoms with van der Waals surface area (Å²) in [7, 11) is 0. The number of amides is 1. The van der Waals surface area contributed by atoms with Gasteiger partial charge in [0.2, 0.25) is 5.95 Å². The molecule has 9 nitrogen and oxygen atoms in total. The molecule has 0 saturated carbocycles. The zero-order valence-electron chi connectivity index (χ0n) is 18.7. The van der Waals surface area contributed by atoms with Gasteiger partial charge >= 0.3 is 0 Å². The van der Waals surface area contributed by atoms with Crippen LogP contribution in [0.2, 0.25) is 5.02 Å². The number of hydrogen-bond acceptors (Lipinski definition) is 7. The minimum atomic E-state index is -0.243. The fraction of sp³-hybridized carbons (Fsp3) is 0.292. The third-order valence-electron chi connectivity index (χ3n) is 5.91. The maximum absolute atomic E-state index is 13.4. The van der Waals surface area contributed by atoms with Crippen molar-refractivity contribution in [2.45, 2.75) is 13.0 Å². The van der Waals surface area contributed by atoms with Gasteiger partial charge in [0.25, 0.3) is 5.91 Å². The van der Waals surface area contributed by atoms with E-state index in [0.717, 1.165) is 24.3 Å². The Bertz CT molecular complexity index is 1290. The molecule has 0 spiro atoms. The summed E-state index contributed by atoms with van der Waals surface area (Å²) in [6.45, 7) is 5.27. The van der Waals surface area contributed by atoms with Crippen LogP contribution in [0.5, 0.6) is 0 Å². The quantitative estimate of drug-likeness (QED) is 0.456. The number of fused-ring (bicyclic) bond motifs is 1. The second-order valence-electron chi connectivity index (χ2n) is 8.06. The van der Waals surface area contributed by atoms with Crippen molar-refractivity contribution in [1.29, 1.82) is 0 Å². The number of aryl methyl sites for hydroxylation is 1. The van der Waals surface area contributed by atoms with Crippen molar-refractivity contribution >= 4 is 28.5 Å². The molecule has 0 radical (unpaired) electrons. The van der Waals surface area contributed by atoms with Crippen LogP contribution < -0.4 is 5.32 Å². The molecule has 34 heavy (non-hydrogen) atoms. The summed E-state index contributed by atoms with van der Waals surface area (Å²) >= 11 is 6.50. The van der Waals surface area contributed by atoms with Gasteiger partial charge in [0.15, 0.2) is 0 Å². The molecule has 4 aromatic rings. The van der Waals surface area contributed by atoms with Crippen molar-refractivity contribution < 1.29 is 9.53 Å². The zero-order valence-corrected chi connectivity index (χ0v) is 19.4. The number of aromatic nitrogens is 5. The number of pyridine rings is 2. The number of hydrogen-bond donors (Lipinski definition) is 1. The Labute approximate surface area is 201 Å². The molecule has 10 heteroatoms. The van der Waals surface area contributed by atoms with Crippen molar-refractivity contribution in [1.82, 2.24) is 34.7 Å². The van der Waals surface area contributed by atoms with E-state index < -0.39 is 0 Å². The molecular weight excluding hydrogens is 454 g/mol. The lowest BCUT2D eigenvalue weighted by Crippen LogP contribution is -2.43. The first-order valence-electron chi connectivity index (χ1n) is 11.1. The van der Waals surface area contributed by atoms with E-state index in [4.69, 9.17) is 16.3 Å². The molecule has 1 saturated heterocycles. The standard InChI is InChI=1S/C24H24ClN7O2/c1-16-3-4-17(13-29-16)20(31-9-11-34-12-10-31)14-30-23(33)18-15-32(24-27-6-2-7-28-24)22-21(18)19(25)5-8-26-22/h2-8,13,15,20H,9-12,14H2,1H3,(H,30,33). The lowest BCUT2D eigenvalue weighted by atomic mass is 10.1. The Balaban J connectivity index is 1.45. The van der Waals surface area contributed by atoms with Gasteiger partial charge in [-0.1, -0.05) is 17.7 Å². The first kappa shape index (κ1) is 22.4. The molecule has 4 aromatic heterocycles. The van der Waals surface area contributed by atoms with Crippen molar-refractivity contribution in [3.8, 4) is 5.95 Å². The molecule has 1 fully saturated rings. The Morgan fingerprint density at radius 1 is 1.12 bits per heavy atom. The fourth-order valence-electron chi connectivity index (χ4n) is 4.16. The molecule has 0 bridgehead atoms. The van der Waals surface area contributed by atoms with E-state index in [1.54, 1.807) is 41.5 Å². The third-order valence-corrected chi connectivity index (χ3v) is 6.22. The minimum absolute atomic E-state index is 0.0275. The van der Waals surface area contributed by atoms with Crippen LogP contribution in [-0.2, 0) is 4.74 Å². The molecule has 1 amide bonds. The lowest BCUT2D eigenvalue weighted by molar-refractivity contribution is 0.0161. The minimum Gasteiger partial charge on any atom is -0.379 e. The maximum atomic E-state index is 13.4. The second kappa shape index (κ2) is 9.84. The Hall–Kier alpha value is -3.40. The van der Waals surface area contributed by atoms with E-state index in [9.17, 15) is 4.79 Å². The van der Waals surface area contributed by atoms with Crippen LogP contribution in [0.25, 0.3) is 17.0 Å². The number of morpholine rings is 1. The first-order chi connectivity index (χ1) is 16.6. The lowest BCUT2D eigenvalue weighted by Gasteiger charge is -2.34. The molecule has 5 heterocycles. The smallest absolute Gasteiger partial charge is 0.253 e. The van der Waals surface area contributed by atoms with Crippen LogP contribution >= 0.6 is 11.6 Å². The molecule has 1 aliphatic rings. The first-order valence-corrected chi connectivity index (χ1v) is 11.4. The maximum Gasteiger partial charge on any atom is 0.253 e. The van der Waals surface area contributed by atoms with Gasteiger partial charge in [0, 0.05) is 56.3 Å². The molecule has 1 N–H and O–H groups in total. The largest absolute Gasteiger partial charge is 0.379 e. The van der Waals surface area contributed by atoms with Crippen LogP contribution in [0, 0.1) is 6.92 Å². The van der Waals surface area contributed by atoms with Crippen LogP contribution in [0.3, 0.4) is 0 Å². The molecule has 174 valence electrons. The van der Waals surface area contributed by atoms with Crippen LogP contribution in [0.4, 0.5) is 0 Å². The predicted octanol–water partition coefficient (Wildman–Crippen LogP) is 2.98. The monoisotopic (exact) mass is 477 g/mol. The van der Waals surface area contributed by atoms with Gasteiger partial charge in [-0.2, -0.15) is 0 Å². The van der Waals surface area contributed by atoms with E-state index in [1.165, 1.54) is 0 Å². The fourth-order valence-corrected chi connectivity index (χ4v) is 4.41. The Morgan fingerprint density at radius 3 is 2.65 bits per heavy atom. The molecule has 1 unspecified atom stereocenters. The SMILES string of the molecule is Cc1ccc(C(CNC(=O)c2cn(-c3ncccn3)c3nccc(Cl)c23)N2CCOCC2)cn1. The Kier molecular flexibility index (Phi) is 6.48. The van der Waals surface area contributed by atoms with Gasteiger partial charge in [-0.15, -0.1) is 0 Å². The number of carbonyl (C=O) groups is 1. The highest BCUT2D eigenvalue weighted by atomic mass is 35.5. The number of nitrogens with zero attached hydrogens (tertiary/aromatic N) is 6. The number of halogens is 1. The van der Waals surface area contributed by atoms with E-state index in [0.29, 0.717) is 47.3 Å². The Morgan fingerprint density at radius 2 is 1.91 bits per heavy atom. The van der Waals surface area contributed by atoms with Gasteiger partial charge in [0.1, 0.15) is 5.65 Å². The van der Waals surface area contributed by atoms with Crippen LogP contribution in [0.1, 0.15) is 27.7 Å². The molecule has 1 atom stereocenters. The molecule has 1 aliphatic heterocycles. The van der Waals surface area contributed by atoms with Crippen molar-refractivity contribution in [2.75, 3.05) is 32.8 Å². The summed E-state index contributed by atoms with van der Waals surface area (Å²) in [6, 6.07) is 7.43. The summed E-state index contributed by atoms with van der Waals surface area (Å²) in [6.07, 6.45) is 8.44. The summed E-state index contributed by atoms with van der Waals surface area (Å²) in [4.78, 5) is 33.2. The van der Waals surface area contributed by atoms with E-state index >= 15 is 0 Å². The molecular formula is C24H24ClN7O2. The summed E-state index contributed by atoms with van der Waals surface area (Å²) < 4.78 is 7.21. The van der Waals surface area contributed by atoms with E-state index in [2.05, 4.69) is 36.2 Å². The summed E-state index contributed by atoms with van der Waals surface area (Å²) in [5.41, 5.74) is 2.94. The number of carbonyl (C=O) groups excluding carboxylic acids is 1. The van der Waals surface area contributed by atoms with Gasteiger partial charge in [-0.3, -0.25) is 19.2 Å². The highest BCUT2D eigenvalue weighted by Crippen LogP contribution is 2.29. The topological polar surface area (TPSA) is 98.1 Å². The van der Waals surface area contributed by atoms with Crippen molar-refractivity contribution in [3.63, 3.8) is 0 Å². The van der Waals surface area contributed by atoms with Crippen LogP contribution in [-0.4, -0.2) is 68.2 Å². The molecule has 5 rings (SSSR count). The highest BCUT2D eigenvalue weighted by molar-refractivity contribution is 6.36. The highest BCUT2D eigenvalue weighted by Gasteiger charge is 2.25.